The van der Waals surface area contributed by atoms with Gasteiger partial charge in [0, 0.05) is 32.7 Å². The topological polar surface area (TPSA) is 92.9 Å². The van der Waals surface area contributed by atoms with Crippen LogP contribution in [0.15, 0.2) is 0 Å². The Morgan fingerprint density at radius 2 is 1.74 bits per heavy atom. The number of amides is 1. The molecule has 0 aromatic rings. The SMILES string of the molecule is CC(C)(C)OC(=O)N1CCN(CCS(N)(=O)=O)CC1. The second-order valence-electron chi connectivity index (χ2n) is 5.68. The van der Waals surface area contributed by atoms with Gasteiger partial charge in [-0.25, -0.2) is 18.4 Å². The highest BCUT2D eigenvalue weighted by molar-refractivity contribution is 7.89. The van der Waals surface area contributed by atoms with E-state index in [4.69, 9.17) is 9.88 Å². The van der Waals surface area contributed by atoms with Gasteiger partial charge in [-0.05, 0) is 20.8 Å². The third kappa shape index (κ3) is 6.74. The van der Waals surface area contributed by atoms with Crippen LogP contribution in [0.5, 0.6) is 0 Å². The zero-order valence-electron chi connectivity index (χ0n) is 11.8. The molecule has 0 radical (unpaired) electrons. The van der Waals surface area contributed by atoms with Gasteiger partial charge >= 0.3 is 6.09 Å². The number of piperazine rings is 1. The largest absolute Gasteiger partial charge is 0.444 e. The molecule has 1 amide bonds. The molecule has 1 heterocycles. The first-order chi connectivity index (χ1) is 8.57. The molecule has 112 valence electrons. The lowest BCUT2D eigenvalue weighted by Crippen LogP contribution is -2.51. The number of primary sulfonamides is 1. The molecular formula is C11H23N3O4S. The van der Waals surface area contributed by atoms with Crippen molar-refractivity contribution < 1.29 is 17.9 Å². The maximum Gasteiger partial charge on any atom is 0.410 e. The van der Waals surface area contributed by atoms with Gasteiger partial charge in [-0.3, -0.25) is 4.90 Å². The lowest BCUT2D eigenvalue weighted by atomic mass is 10.2. The quantitative estimate of drug-likeness (QED) is 0.779. The minimum absolute atomic E-state index is 0.0561. The van der Waals surface area contributed by atoms with Crippen LogP contribution in [0.1, 0.15) is 20.8 Å². The Morgan fingerprint density at radius 1 is 1.21 bits per heavy atom. The zero-order chi connectivity index (χ0) is 14.7. The molecule has 0 bridgehead atoms. The minimum atomic E-state index is -3.42. The Labute approximate surface area is 114 Å². The van der Waals surface area contributed by atoms with E-state index in [2.05, 4.69) is 0 Å². The summed E-state index contributed by atoms with van der Waals surface area (Å²) in [5, 5.41) is 4.96. The molecule has 1 rings (SSSR count). The number of carbonyl (C=O) groups is 1. The molecule has 19 heavy (non-hydrogen) atoms. The van der Waals surface area contributed by atoms with Crippen LogP contribution in [-0.4, -0.2) is 68.4 Å². The fourth-order valence-corrected chi connectivity index (χ4v) is 2.25. The highest BCUT2D eigenvalue weighted by Gasteiger charge is 2.25. The molecule has 0 spiro atoms. The number of nitrogens with zero attached hydrogens (tertiary/aromatic N) is 2. The highest BCUT2D eigenvalue weighted by atomic mass is 32.2. The van der Waals surface area contributed by atoms with Crippen LogP contribution in [0.3, 0.4) is 0 Å². The summed E-state index contributed by atoms with van der Waals surface area (Å²) in [4.78, 5) is 15.4. The van der Waals surface area contributed by atoms with E-state index in [1.54, 1.807) is 4.90 Å². The molecule has 0 saturated carbocycles. The number of hydrogen-bond donors (Lipinski definition) is 1. The van der Waals surface area contributed by atoms with Crippen molar-refractivity contribution in [3.8, 4) is 0 Å². The Bertz CT molecular complexity index is 408. The van der Waals surface area contributed by atoms with Crippen molar-refractivity contribution in [2.24, 2.45) is 5.14 Å². The maximum absolute atomic E-state index is 11.8. The number of carbonyl (C=O) groups excluding carboxylic acids is 1. The van der Waals surface area contributed by atoms with Crippen LogP contribution in [-0.2, 0) is 14.8 Å². The van der Waals surface area contributed by atoms with E-state index < -0.39 is 15.6 Å². The van der Waals surface area contributed by atoms with Gasteiger partial charge in [-0.2, -0.15) is 0 Å². The molecule has 1 aliphatic rings. The van der Waals surface area contributed by atoms with E-state index in [0.29, 0.717) is 32.7 Å². The Morgan fingerprint density at radius 3 is 2.16 bits per heavy atom. The second kappa shape index (κ2) is 6.06. The number of sulfonamides is 1. The highest BCUT2D eigenvalue weighted by Crippen LogP contribution is 2.11. The van der Waals surface area contributed by atoms with Gasteiger partial charge in [0.1, 0.15) is 5.60 Å². The fourth-order valence-electron chi connectivity index (χ4n) is 1.74. The van der Waals surface area contributed by atoms with Crippen LogP contribution in [0.4, 0.5) is 4.79 Å². The van der Waals surface area contributed by atoms with Gasteiger partial charge in [-0.1, -0.05) is 0 Å². The van der Waals surface area contributed by atoms with E-state index in [0.717, 1.165) is 0 Å². The van der Waals surface area contributed by atoms with Crippen molar-refractivity contribution >= 4 is 16.1 Å². The van der Waals surface area contributed by atoms with Gasteiger partial charge in [0.15, 0.2) is 0 Å². The normalized spacial score (nSPS) is 18.4. The van der Waals surface area contributed by atoms with E-state index in [1.165, 1.54) is 0 Å². The standard InChI is InChI=1S/C11H23N3O4S/c1-11(2,3)18-10(15)14-6-4-13(5-7-14)8-9-19(12,16)17/h4-9H2,1-3H3,(H2,12,16,17). The van der Waals surface area contributed by atoms with E-state index >= 15 is 0 Å². The maximum atomic E-state index is 11.8. The summed E-state index contributed by atoms with van der Waals surface area (Å²) in [6.45, 7) is 8.23. The molecule has 0 atom stereocenters. The number of ether oxygens (including phenoxy) is 1. The summed E-state index contributed by atoms with van der Waals surface area (Å²) in [7, 11) is -3.42. The average Bonchev–Trinajstić information content (AvgIpc) is 2.23. The van der Waals surface area contributed by atoms with Crippen LogP contribution < -0.4 is 5.14 Å². The molecule has 1 saturated heterocycles. The lowest BCUT2D eigenvalue weighted by Gasteiger charge is -2.35. The van der Waals surface area contributed by atoms with Crippen molar-refractivity contribution in [3.05, 3.63) is 0 Å². The predicted octanol–water partition coefficient (Wildman–Crippen LogP) is -0.172. The van der Waals surface area contributed by atoms with Gasteiger partial charge < -0.3 is 9.64 Å². The van der Waals surface area contributed by atoms with Gasteiger partial charge in [0.2, 0.25) is 10.0 Å². The molecular weight excluding hydrogens is 270 g/mol. The first-order valence-electron chi connectivity index (χ1n) is 6.27. The summed E-state index contributed by atoms with van der Waals surface area (Å²) in [6, 6.07) is 0. The van der Waals surface area contributed by atoms with Gasteiger partial charge in [0.25, 0.3) is 0 Å². The molecule has 0 aliphatic carbocycles. The number of hydrogen-bond acceptors (Lipinski definition) is 5. The van der Waals surface area contributed by atoms with Crippen LogP contribution in [0.25, 0.3) is 0 Å². The minimum Gasteiger partial charge on any atom is -0.444 e. The van der Waals surface area contributed by atoms with E-state index in [1.807, 2.05) is 25.7 Å². The molecule has 0 unspecified atom stereocenters. The van der Waals surface area contributed by atoms with Gasteiger partial charge in [-0.15, -0.1) is 0 Å². The molecule has 0 aromatic heterocycles. The first-order valence-corrected chi connectivity index (χ1v) is 7.99. The Hall–Kier alpha value is -0.860. The Balaban J connectivity index is 2.35. The van der Waals surface area contributed by atoms with Crippen molar-refractivity contribution in [2.45, 2.75) is 26.4 Å². The average molecular weight is 293 g/mol. The third-order valence-electron chi connectivity index (χ3n) is 2.72. The van der Waals surface area contributed by atoms with Gasteiger partial charge in [0.05, 0.1) is 5.75 Å². The summed E-state index contributed by atoms with van der Waals surface area (Å²) < 4.78 is 27.0. The fraction of sp³-hybridized carbons (Fsp3) is 0.909. The van der Waals surface area contributed by atoms with Crippen LogP contribution >= 0.6 is 0 Å². The third-order valence-corrected chi connectivity index (χ3v) is 3.47. The molecule has 1 fully saturated rings. The van der Waals surface area contributed by atoms with E-state index in [9.17, 15) is 13.2 Å². The monoisotopic (exact) mass is 293 g/mol. The summed E-state index contributed by atoms with van der Waals surface area (Å²) >= 11 is 0. The number of rotatable bonds is 3. The molecule has 0 aromatic carbocycles. The summed E-state index contributed by atoms with van der Waals surface area (Å²) in [5.74, 6) is -0.0561. The summed E-state index contributed by atoms with van der Waals surface area (Å²) in [6.07, 6.45) is -0.321. The van der Waals surface area contributed by atoms with Crippen LogP contribution in [0.2, 0.25) is 0 Å². The van der Waals surface area contributed by atoms with Crippen molar-refractivity contribution in [2.75, 3.05) is 38.5 Å². The zero-order valence-corrected chi connectivity index (χ0v) is 12.6. The molecule has 8 heteroatoms. The van der Waals surface area contributed by atoms with Crippen LogP contribution in [0, 0.1) is 0 Å². The van der Waals surface area contributed by atoms with Crippen molar-refractivity contribution in [1.29, 1.82) is 0 Å². The van der Waals surface area contributed by atoms with Crippen molar-refractivity contribution in [1.82, 2.24) is 9.80 Å². The Kier molecular flexibility index (Phi) is 5.17. The molecule has 7 nitrogen and oxygen atoms in total. The van der Waals surface area contributed by atoms with E-state index in [-0.39, 0.29) is 11.8 Å². The smallest absolute Gasteiger partial charge is 0.410 e. The van der Waals surface area contributed by atoms with Crippen molar-refractivity contribution in [3.63, 3.8) is 0 Å². The lowest BCUT2D eigenvalue weighted by molar-refractivity contribution is 0.0150. The summed E-state index contributed by atoms with van der Waals surface area (Å²) in [5.41, 5.74) is -0.498. The number of nitrogens with two attached hydrogens (primary N) is 1. The first kappa shape index (κ1) is 16.2. The second-order valence-corrected chi connectivity index (χ2v) is 7.41. The molecule has 1 aliphatic heterocycles. The predicted molar refractivity (Wildman–Crippen MR) is 72.2 cm³/mol. The molecule has 2 N–H and O–H groups in total.